The molecule has 30 heavy (non-hydrogen) atoms. The maximum absolute atomic E-state index is 12.1. The van der Waals surface area contributed by atoms with Crippen molar-refractivity contribution in [1.82, 2.24) is 5.32 Å². The monoisotopic (exact) mass is 437 g/mol. The predicted octanol–water partition coefficient (Wildman–Crippen LogP) is 4.57. The molecule has 0 heterocycles. The summed E-state index contributed by atoms with van der Waals surface area (Å²) in [5.74, 6) is -2.17. The van der Waals surface area contributed by atoms with Crippen LogP contribution in [0.5, 0.6) is 0 Å². The summed E-state index contributed by atoms with van der Waals surface area (Å²) in [6.45, 7) is 8.44. The topological polar surface area (TPSA) is 104 Å². The molecule has 168 valence electrons. The number of nitrogens with one attached hydrogen (secondary N) is 1. The van der Waals surface area contributed by atoms with Crippen LogP contribution in [0.4, 0.5) is 0 Å². The first-order valence-electron chi connectivity index (χ1n) is 10.4. The van der Waals surface area contributed by atoms with E-state index >= 15 is 0 Å². The molecule has 3 N–H and O–H groups in total. The second-order valence-electron chi connectivity index (χ2n) is 8.25. The first-order chi connectivity index (χ1) is 14.1. The van der Waals surface area contributed by atoms with Crippen LogP contribution in [0.25, 0.3) is 0 Å². The molecule has 0 spiro atoms. The van der Waals surface area contributed by atoms with Gasteiger partial charge in [-0.15, -0.1) is 0 Å². The first-order valence-corrected chi connectivity index (χ1v) is 11.5. The predicted molar refractivity (Wildman–Crippen MR) is 122 cm³/mol. The number of thioether (sulfide) groups is 1. The number of carboxylic acid groups (broad SMARTS) is 2. The van der Waals surface area contributed by atoms with Gasteiger partial charge in [-0.2, -0.15) is 11.8 Å². The van der Waals surface area contributed by atoms with Gasteiger partial charge in [-0.25, -0.2) is 4.79 Å². The highest BCUT2D eigenvalue weighted by Crippen LogP contribution is 2.46. The number of carbonyl (C=O) groups is 3. The summed E-state index contributed by atoms with van der Waals surface area (Å²) in [6.07, 6.45) is 11.2. The van der Waals surface area contributed by atoms with Crippen molar-refractivity contribution in [2.24, 2.45) is 5.41 Å². The van der Waals surface area contributed by atoms with Gasteiger partial charge >= 0.3 is 11.9 Å². The molecular weight excluding hydrogens is 402 g/mol. The third-order valence-electron chi connectivity index (χ3n) is 5.15. The van der Waals surface area contributed by atoms with Crippen molar-refractivity contribution in [3.63, 3.8) is 0 Å². The highest BCUT2D eigenvalue weighted by atomic mass is 32.2. The number of amides is 1. The van der Waals surface area contributed by atoms with Crippen LogP contribution in [0.1, 0.15) is 66.2 Å². The molecule has 7 heteroatoms. The van der Waals surface area contributed by atoms with Crippen molar-refractivity contribution in [3.8, 4) is 0 Å². The minimum absolute atomic E-state index is 0.198. The van der Waals surface area contributed by atoms with E-state index in [0.717, 1.165) is 25.7 Å². The van der Waals surface area contributed by atoms with Crippen LogP contribution in [0.2, 0.25) is 0 Å². The van der Waals surface area contributed by atoms with E-state index in [-0.39, 0.29) is 18.6 Å². The van der Waals surface area contributed by atoms with Gasteiger partial charge in [-0.3, -0.25) is 9.59 Å². The Morgan fingerprint density at radius 2 is 1.53 bits per heavy atom. The van der Waals surface area contributed by atoms with Crippen LogP contribution in [-0.4, -0.2) is 45.6 Å². The molecule has 1 saturated carbocycles. The molecule has 1 aliphatic carbocycles. The molecule has 0 bridgehead atoms. The number of hydrogen-bond donors (Lipinski definition) is 3. The van der Waals surface area contributed by atoms with E-state index in [1.54, 1.807) is 0 Å². The summed E-state index contributed by atoms with van der Waals surface area (Å²) < 4.78 is 0. The van der Waals surface area contributed by atoms with Gasteiger partial charge in [0.25, 0.3) is 0 Å². The van der Waals surface area contributed by atoms with E-state index in [0.29, 0.717) is 5.75 Å². The van der Waals surface area contributed by atoms with Gasteiger partial charge in [0, 0.05) is 11.5 Å². The van der Waals surface area contributed by atoms with E-state index in [1.807, 2.05) is 0 Å². The molecule has 0 saturated heterocycles. The van der Waals surface area contributed by atoms with Crippen molar-refractivity contribution in [2.75, 3.05) is 11.5 Å². The summed E-state index contributed by atoms with van der Waals surface area (Å²) in [5, 5.41) is 20.8. The second-order valence-corrected chi connectivity index (χ2v) is 9.32. The maximum Gasteiger partial charge on any atom is 0.327 e. The summed E-state index contributed by atoms with van der Waals surface area (Å²) in [4.78, 5) is 34.7. The summed E-state index contributed by atoms with van der Waals surface area (Å²) >= 11 is 1.41. The normalized spacial score (nSPS) is 16.5. The lowest BCUT2D eigenvalue weighted by atomic mass is 10.1. The molecular formula is C23H35NO5S. The quantitative estimate of drug-likeness (QED) is 0.209. The Morgan fingerprint density at radius 1 is 0.967 bits per heavy atom. The van der Waals surface area contributed by atoms with Crippen LogP contribution >= 0.6 is 11.8 Å². The van der Waals surface area contributed by atoms with E-state index in [1.165, 1.54) is 28.5 Å². The first kappa shape index (κ1) is 26.0. The Bertz CT molecular complexity index is 715. The van der Waals surface area contributed by atoms with Crippen molar-refractivity contribution < 1.29 is 24.6 Å². The minimum Gasteiger partial charge on any atom is -0.480 e. The fourth-order valence-corrected chi connectivity index (χ4v) is 3.86. The van der Waals surface area contributed by atoms with Crippen molar-refractivity contribution in [2.45, 2.75) is 72.3 Å². The molecule has 0 aliphatic heterocycles. The number of carbonyl (C=O) groups excluding carboxylic acids is 1. The molecule has 0 aromatic rings. The lowest BCUT2D eigenvalue weighted by Crippen LogP contribution is -2.47. The summed E-state index contributed by atoms with van der Waals surface area (Å²) in [7, 11) is 0. The molecule has 0 aromatic heterocycles. The van der Waals surface area contributed by atoms with Gasteiger partial charge in [-0.1, -0.05) is 34.9 Å². The van der Waals surface area contributed by atoms with E-state index in [9.17, 15) is 19.5 Å². The van der Waals surface area contributed by atoms with Crippen LogP contribution in [-0.2, 0) is 14.4 Å². The summed E-state index contributed by atoms with van der Waals surface area (Å²) in [6, 6.07) is -1.08. The van der Waals surface area contributed by atoms with Crippen LogP contribution in [0.15, 0.2) is 34.9 Å². The number of aliphatic carboxylic acids is 2. The minimum atomic E-state index is -1.42. The molecule has 1 amide bonds. The lowest BCUT2D eigenvalue weighted by molar-refractivity contribution is -0.151. The van der Waals surface area contributed by atoms with Gasteiger partial charge < -0.3 is 15.5 Å². The Morgan fingerprint density at radius 3 is 2.03 bits per heavy atom. The van der Waals surface area contributed by atoms with E-state index in [4.69, 9.17) is 5.11 Å². The smallest absolute Gasteiger partial charge is 0.327 e. The maximum atomic E-state index is 12.1. The van der Waals surface area contributed by atoms with Gasteiger partial charge in [0.2, 0.25) is 5.91 Å². The standard InChI is InChI=1S/C23H35NO5S/c1-16(2)7-5-8-17(3)9-6-10-18(4)11-14-30-15-19(20(25)26)24-21(27)23(12-13-23)22(28)29/h7,9,11,19H,5-6,8,10,12-15H2,1-4H3,(H,24,27)(H,25,26)(H,28,29)/b17-9+,18-11+/t19-/m0/s1. The fourth-order valence-electron chi connectivity index (χ4n) is 2.86. The van der Waals surface area contributed by atoms with Crippen LogP contribution in [0.3, 0.4) is 0 Å². The van der Waals surface area contributed by atoms with Gasteiger partial charge in [0.1, 0.15) is 11.5 Å². The highest BCUT2D eigenvalue weighted by Gasteiger charge is 2.57. The second kappa shape index (κ2) is 12.6. The largest absolute Gasteiger partial charge is 0.480 e. The molecule has 1 aliphatic rings. The molecule has 0 aromatic carbocycles. The fraction of sp³-hybridized carbons (Fsp3) is 0.609. The zero-order valence-corrected chi connectivity index (χ0v) is 19.3. The van der Waals surface area contributed by atoms with Gasteiger partial charge in [0.15, 0.2) is 0 Å². The van der Waals surface area contributed by atoms with Crippen molar-refractivity contribution in [1.29, 1.82) is 0 Å². The Hall–Kier alpha value is -2.02. The Labute approximate surface area is 183 Å². The highest BCUT2D eigenvalue weighted by molar-refractivity contribution is 7.99. The van der Waals surface area contributed by atoms with Crippen LogP contribution < -0.4 is 5.32 Å². The Kier molecular flexibility index (Phi) is 10.9. The zero-order chi connectivity index (χ0) is 22.7. The molecule has 1 atom stereocenters. The number of allylic oxidation sites excluding steroid dienone is 5. The lowest BCUT2D eigenvalue weighted by Gasteiger charge is -2.17. The molecule has 6 nitrogen and oxygen atoms in total. The van der Waals surface area contributed by atoms with Gasteiger partial charge in [-0.05, 0) is 66.2 Å². The number of carboxylic acids is 2. The zero-order valence-electron chi connectivity index (χ0n) is 18.5. The van der Waals surface area contributed by atoms with Crippen molar-refractivity contribution >= 4 is 29.6 Å². The van der Waals surface area contributed by atoms with Crippen LogP contribution in [0, 0.1) is 5.41 Å². The van der Waals surface area contributed by atoms with Crippen molar-refractivity contribution in [3.05, 3.63) is 34.9 Å². The third-order valence-corrected chi connectivity index (χ3v) is 6.13. The average Bonchev–Trinajstić information content (AvgIpc) is 3.45. The average molecular weight is 438 g/mol. The van der Waals surface area contributed by atoms with E-state index in [2.05, 4.69) is 51.2 Å². The van der Waals surface area contributed by atoms with Gasteiger partial charge in [0.05, 0.1) is 0 Å². The number of hydrogen-bond acceptors (Lipinski definition) is 4. The van der Waals surface area contributed by atoms with E-state index < -0.39 is 29.3 Å². The number of rotatable bonds is 14. The molecule has 0 unspecified atom stereocenters. The Balaban J connectivity index is 2.35. The molecule has 1 fully saturated rings. The molecule has 0 radical (unpaired) electrons. The third kappa shape index (κ3) is 9.20. The summed E-state index contributed by atoms with van der Waals surface area (Å²) in [5.41, 5.74) is 2.56. The molecule has 1 rings (SSSR count). The SMILES string of the molecule is CC(C)=CCC/C(C)=C/CC/C(C)=C/CSC[C@H](NC(=O)C1(C(=O)O)CC1)C(=O)O.